The first kappa shape index (κ1) is 20.3. The van der Waals surface area contributed by atoms with E-state index < -0.39 is 63.1 Å². The van der Waals surface area contributed by atoms with Gasteiger partial charge in [-0.15, -0.1) is 5.10 Å². The molecule has 14 heteroatoms. The molecule has 0 saturated carbocycles. The third kappa shape index (κ3) is 4.40. The standard InChI is InChI=1S/C13H11F3N4O6S/c14-13(15,16)7-3-1-2-4-8(7)27(25,26)17-5-6-20-10(12(23)24)9(11(21)22)18-19-20/h1-4,17H,5-6H2,(H,21,22)(H,23,24). The summed E-state index contributed by atoms with van der Waals surface area (Å²) in [6.07, 6.45) is -4.90. The van der Waals surface area contributed by atoms with E-state index in [1.54, 1.807) is 0 Å². The Kier molecular flexibility index (Phi) is 5.51. The Labute approximate surface area is 149 Å². The van der Waals surface area contributed by atoms with Gasteiger partial charge in [-0.1, -0.05) is 17.3 Å². The second-order valence-electron chi connectivity index (χ2n) is 5.01. The molecule has 0 bridgehead atoms. The van der Waals surface area contributed by atoms with Crippen LogP contribution < -0.4 is 4.72 Å². The summed E-state index contributed by atoms with van der Waals surface area (Å²) in [6.45, 7) is -1.04. The molecule has 1 aromatic heterocycles. The Bertz CT molecular complexity index is 986. The SMILES string of the molecule is O=C(O)c1nnn(CCNS(=O)(=O)c2ccccc2C(F)(F)F)c1C(=O)O. The van der Waals surface area contributed by atoms with Gasteiger partial charge < -0.3 is 10.2 Å². The summed E-state index contributed by atoms with van der Waals surface area (Å²) in [5.41, 5.74) is -3.01. The lowest BCUT2D eigenvalue weighted by molar-refractivity contribution is -0.139. The summed E-state index contributed by atoms with van der Waals surface area (Å²) in [7, 11) is -4.58. The van der Waals surface area contributed by atoms with Gasteiger partial charge in [-0.3, -0.25) is 0 Å². The van der Waals surface area contributed by atoms with Crippen molar-refractivity contribution in [3.05, 3.63) is 41.2 Å². The minimum Gasteiger partial charge on any atom is -0.476 e. The molecular weight excluding hydrogens is 397 g/mol. The van der Waals surface area contributed by atoms with E-state index in [0.717, 1.165) is 18.2 Å². The highest BCUT2D eigenvalue weighted by Gasteiger charge is 2.36. The lowest BCUT2D eigenvalue weighted by Gasteiger charge is -2.13. The summed E-state index contributed by atoms with van der Waals surface area (Å²) in [4.78, 5) is 21.0. The van der Waals surface area contributed by atoms with Crippen molar-refractivity contribution in [2.45, 2.75) is 17.6 Å². The van der Waals surface area contributed by atoms with Crippen molar-refractivity contribution in [3.8, 4) is 0 Å². The lowest BCUT2D eigenvalue weighted by atomic mass is 10.2. The van der Waals surface area contributed by atoms with Crippen LogP contribution >= 0.6 is 0 Å². The second kappa shape index (κ2) is 7.32. The zero-order valence-corrected chi connectivity index (χ0v) is 14.0. The van der Waals surface area contributed by atoms with E-state index in [4.69, 9.17) is 10.2 Å². The highest BCUT2D eigenvalue weighted by molar-refractivity contribution is 7.89. The van der Waals surface area contributed by atoms with Gasteiger partial charge >= 0.3 is 18.1 Å². The monoisotopic (exact) mass is 408 g/mol. The topological polar surface area (TPSA) is 151 Å². The molecule has 0 fully saturated rings. The van der Waals surface area contributed by atoms with Crippen LogP contribution in [0.5, 0.6) is 0 Å². The van der Waals surface area contributed by atoms with Gasteiger partial charge in [0.1, 0.15) is 0 Å². The van der Waals surface area contributed by atoms with E-state index in [0.29, 0.717) is 10.7 Å². The van der Waals surface area contributed by atoms with Crippen molar-refractivity contribution < 1.29 is 41.4 Å². The quantitative estimate of drug-likeness (QED) is 0.605. The molecule has 3 N–H and O–H groups in total. The number of rotatable bonds is 7. The molecule has 0 aliphatic rings. The molecule has 0 aliphatic carbocycles. The minimum atomic E-state index is -4.90. The maximum Gasteiger partial charge on any atom is 0.417 e. The van der Waals surface area contributed by atoms with E-state index in [1.165, 1.54) is 0 Å². The number of carbonyl (C=O) groups is 2. The fourth-order valence-corrected chi connectivity index (χ4v) is 3.37. The third-order valence-electron chi connectivity index (χ3n) is 3.24. The summed E-state index contributed by atoms with van der Waals surface area (Å²) in [5.74, 6) is -3.32. The molecule has 2 rings (SSSR count). The molecule has 2 aromatic rings. The molecule has 0 radical (unpaired) electrons. The van der Waals surface area contributed by atoms with Crippen LogP contribution in [0.15, 0.2) is 29.2 Å². The molecule has 0 aliphatic heterocycles. The number of sulfonamides is 1. The van der Waals surface area contributed by atoms with Gasteiger partial charge in [0, 0.05) is 6.54 Å². The Morgan fingerprint density at radius 2 is 1.78 bits per heavy atom. The number of hydrogen-bond acceptors (Lipinski definition) is 6. The number of aromatic carboxylic acids is 2. The number of alkyl halides is 3. The molecule has 1 heterocycles. The average Bonchev–Trinajstić information content (AvgIpc) is 2.98. The molecule has 1 aromatic carbocycles. The number of aromatic nitrogens is 3. The fourth-order valence-electron chi connectivity index (χ4n) is 2.12. The summed E-state index contributed by atoms with van der Waals surface area (Å²) in [6, 6.07) is 3.52. The van der Waals surface area contributed by atoms with Gasteiger partial charge in [0.2, 0.25) is 15.7 Å². The van der Waals surface area contributed by atoms with Gasteiger partial charge in [0.05, 0.1) is 17.0 Å². The van der Waals surface area contributed by atoms with Gasteiger partial charge in [-0.25, -0.2) is 27.4 Å². The van der Waals surface area contributed by atoms with Crippen LogP contribution in [0, 0.1) is 0 Å². The van der Waals surface area contributed by atoms with Crippen molar-refractivity contribution in [2.24, 2.45) is 0 Å². The Hall–Kier alpha value is -3.00. The first-order valence-corrected chi connectivity index (χ1v) is 8.49. The van der Waals surface area contributed by atoms with Gasteiger partial charge in [0.25, 0.3) is 0 Å². The summed E-state index contributed by atoms with van der Waals surface area (Å²) < 4.78 is 65.7. The van der Waals surface area contributed by atoms with Crippen LogP contribution in [-0.4, -0.2) is 52.1 Å². The maximum absolute atomic E-state index is 13.0. The normalized spacial score (nSPS) is 12.1. The van der Waals surface area contributed by atoms with Crippen molar-refractivity contribution in [1.29, 1.82) is 0 Å². The number of nitrogens with zero attached hydrogens (tertiary/aromatic N) is 3. The smallest absolute Gasteiger partial charge is 0.417 e. The first-order chi connectivity index (χ1) is 12.4. The molecule has 0 amide bonds. The predicted octanol–water partition coefficient (Wildman–Crippen LogP) is 0.672. The lowest BCUT2D eigenvalue weighted by Crippen LogP contribution is -2.30. The molecule has 0 unspecified atom stereocenters. The average molecular weight is 408 g/mol. The summed E-state index contributed by atoms with van der Waals surface area (Å²) >= 11 is 0. The van der Waals surface area contributed by atoms with Crippen LogP contribution in [0.3, 0.4) is 0 Å². The van der Waals surface area contributed by atoms with Gasteiger partial charge in [-0.2, -0.15) is 13.2 Å². The minimum absolute atomic E-state index is 0.477. The van der Waals surface area contributed by atoms with E-state index in [-0.39, 0.29) is 0 Å². The summed E-state index contributed by atoms with van der Waals surface area (Å²) in [5, 5.41) is 24.3. The largest absolute Gasteiger partial charge is 0.476 e. The van der Waals surface area contributed by atoms with E-state index >= 15 is 0 Å². The van der Waals surface area contributed by atoms with Crippen LogP contribution in [-0.2, 0) is 22.7 Å². The molecule has 27 heavy (non-hydrogen) atoms. The first-order valence-electron chi connectivity index (χ1n) is 7.01. The van der Waals surface area contributed by atoms with Crippen molar-refractivity contribution in [3.63, 3.8) is 0 Å². The number of carboxylic acid groups (broad SMARTS) is 2. The molecule has 0 atom stereocenters. The van der Waals surface area contributed by atoms with Gasteiger partial charge in [0.15, 0.2) is 5.69 Å². The van der Waals surface area contributed by atoms with E-state index in [9.17, 15) is 31.2 Å². The highest BCUT2D eigenvalue weighted by Crippen LogP contribution is 2.33. The Morgan fingerprint density at radius 1 is 1.15 bits per heavy atom. The predicted molar refractivity (Wildman–Crippen MR) is 80.6 cm³/mol. The molecule has 0 saturated heterocycles. The van der Waals surface area contributed by atoms with E-state index in [1.807, 2.05) is 4.72 Å². The Balaban J connectivity index is 2.22. The van der Waals surface area contributed by atoms with Crippen LogP contribution in [0.2, 0.25) is 0 Å². The Morgan fingerprint density at radius 3 is 2.33 bits per heavy atom. The van der Waals surface area contributed by atoms with Crippen molar-refractivity contribution in [1.82, 2.24) is 19.7 Å². The number of hydrogen-bond donors (Lipinski definition) is 3. The van der Waals surface area contributed by atoms with Crippen LogP contribution in [0.4, 0.5) is 13.2 Å². The molecular formula is C13H11F3N4O6S. The van der Waals surface area contributed by atoms with Crippen molar-refractivity contribution >= 4 is 22.0 Å². The van der Waals surface area contributed by atoms with Crippen LogP contribution in [0.25, 0.3) is 0 Å². The van der Waals surface area contributed by atoms with E-state index in [2.05, 4.69) is 10.3 Å². The maximum atomic E-state index is 13.0. The van der Waals surface area contributed by atoms with Crippen LogP contribution in [0.1, 0.15) is 26.5 Å². The molecule has 10 nitrogen and oxygen atoms in total. The number of halogens is 3. The number of nitrogens with one attached hydrogen (secondary N) is 1. The fraction of sp³-hybridized carbons (Fsp3) is 0.231. The third-order valence-corrected chi connectivity index (χ3v) is 4.76. The highest BCUT2D eigenvalue weighted by atomic mass is 32.2. The molecule has 146 valence electrons. The number of carboxylic acids is 2. The second-order valence-corrected chi connectivity index (χ2v) is 6.75. The zero-order chi connectivity index (χ0) is 20.4. The zero-order valence-electron chi connectivity index (χ0n) is 13.1. The molecule has 0 spiro atoms. The number of benzene rings is 1. The van der Waals surface area contributed by atoms with Gasteiger partial charge in [-0.05, 0) is 12.1 Å². The van der Waals surface area contributed by atoms with Crippen molar-refractivity contribution in [2.75, 3.05) is 6.54 Å².